The summed E-state index contributed by atoms with van der Waals surface area (Å²) in [6, 6.07) is 9.10. The summed E-state index contributed by atoms with van der Waals surface area (Å²) in [6.07, 6.45) is 4.62. The normalized spacial score (nSPS) is 10.5. The average molecular weight is 282 g/mol. The highest BCUT2D eigenvalue weighted by molar-refractivity contribution is 6.03. The fourth-order valence-corrected chi connectivity index (χ4v) is 2.08. The first kappa shape index (κ1) is 13.1. The minimum atomic E-state index is -0.191. The summed E-state index contributed by atoms with van der Waals surface area (Å²) in [7, 11) is 0. The summed E-state index contributed by atoms with van der Waals surface area (Å²) < 4.78 is 6.90. The zero-order chi connectivity index (χ0) is 14.7. The first-order valence-corrected chi connectivity index (χ1v) is 6.60. The zero-order valence-corrected chi connectivity index (χ0v) is 11.5. The van der Waals surface area contributed by atoms with Crippen LogP contribution in [0.25, 0.3) is 11.3 Å². The van der Waals surface area contributed by atoms with Gasteiger partial charge in [0.25, 0.3) is 5.91 Å². The van der Waals surface area contributed by atoms with Crippen LogP contribution in [0.1, 0.15) is 17.4 Å². The molecule has 6 heteroatoms. The molecule has 0 saturated carbocycles. The molecule has 0 bridgehead atoms. The molecule has 2 aromatic heterocycles. The van der Waals surface area contributed by atoms with E-state index in [4.69, 9.17) is 4.42 Å². The molecule has 0 fully saturated rings. The van der Waals surface area contributed by atoms with Crippen molar-refractivity contribution in [2.75, 3.05) is 5.32 Å². The van der Waals surface area contributed by atoms with Gasteiger partial charge in [-0.05, 0) is 25.1 Å². The highest BCUT2D eigenvalue weighted by Crippen LogP contribution is 2.22. The predicted molar refractivity (Wildman–Crippen MR) is 77.8 cm³/mol. The molecule has 21 heavy (non-hydrogen) atoms. The standard InChI is InChI=1S/C15H14N4O2/c1-2-19-13(6-7-17-19)15(20)18-12-5-3-4-11(8-12)14-9-16-10-21-14/h3-10H,2H2,1H3,(H,18,20). The Morgan fingerprint density at radius 1 is 1.38 bits per heavy atom. The zero-order valence-electron chi connectivity index (χ0n) is 11.5. The Hall–Kier alpha value is -2.89. The number of aromatic nitrogens is 3. The van der Waals surface area contributed by atoms with E-state index < -0.39 is 0 Å². The van der Waals surface area contributed by atoms with Gasteiger partial charge in [-0.15, -0.1) is 0 Å². The Labute approximate surface area is 121 Å². The fourth-order valence-electron chi connectivity index (χ4n) is 2.08. The fraction of sp³-hybridized carbons (Fsp3) is 0.133. The maximum absolute atomic E-state index is 12.2. The molecule has 0 radical (unpaired) electrons. The third-order valence-electron chi connectivity index (χ3n) is 3.09. The lowest BCUT2D eigenvalue weighted by Gasteiger charge is -2.07. The highest BCUT2D eigenvalue weighted by Gasteiger charge is 2.12. The molecule has 0 aliphatic heterocycles. The van der Waals surface area contributed by atoms with Gasteiger partial charge in [-0.3, -0.25) is 9.48 Å². The lowest BCUT2D eigenvalue weighted by Crippen LogP contribution is -2.17. The second-order valence-electron chi connectivity index (χ2n) is 4.43. The van der Waals surface area contributed by atoms with Crippen LogP contribution in [-0.4, -0.2) is 20.7 Å². The predicted octanol–water partition coefficient (Wildman–Crippen LogP) is 2.81. The van der Waals surface area contributed by atoms with Crippen LogP contribution in [0.15, 0.2) is 53.5 Å². The van der Waals surface area contributed by atoms with E-state index in [1.165, 1.54) is 6.39 Å². The molecule has 0 saturated heterocycles. The van der Waals surface area contributed by atoms with Crippen molar-refractivity contribution in [3.05, 3.63) is 54.8 Å². The number of oxazole rings is 1. The third kappa shape index (κ3) is 2.69. The third-order valence-corrected chi connectivity index (χ3v) is 3.09. The lowest BCUT2D eigenvalue weighted by atomic mass is 10.1. The molecule has 3 aromatic rings. The summed E-state index contributed by atoms with van der Waals surface area (Å²) in [5.41, 5.74) is 2.08. The summed E-state index contributed by atoms with van der Waals surface area (Å²) in [5, 5.41) is 6.95. The molecule has 2 heterocycles. The van der Waals surface area contributed by atoms with Gasteiger partial charge in [-0.1, -0.05) is 12.1 Å². The number of rotatable bonds is 4. The number of anilines is 1. The SMILES string of the molecule is CCn1nccc1C(=O)Nc1cccc(-c2cnco2)c1. The number of hydrogen-bond donors (Lipinski definition) is 1. The summed E-state index contributed by atoms with van der Waals surface area (Å²) >= 11 is 0. The molecule has 0 aliphatic carbocycles. The largest absolute Gasteiger partial charge is 0.444 e. The summed E-state index contributed by atoms with van der Waals surface area (Å²) in [5.74, 6) is 0.466. The van der Waals surface area contributed by atoms with Gasteiger partial charge in [-0.25, -0.2) is 4.98 Å². The van der Waals surface area contributed by atoms with Crippen molar-refractivity contribution in [2.45, 2.75) is 13.5 Å². The quantitative estimate of drug-likeness (QED) is 0.798. The van der Waals surface area contributed by atoms with Crippen LogP contribution in [-0.2, 0) is 6.54 Å². The van der Waals surface area contributed by atoms with E-state index in [0.29, 0.717) is 23.7 Å². The van der Waals surface area contributed by atoms with Crippen molar-refractivity contribution in [1.29, 1.82) is 0 Å². The molecule has 0 unspecified atom stereocenters. The molecule has 6 nitrogen and oxygen atoms in total. The molecule has 1 amide bonds. The van der Waals surface area contributed by atoms with E-state index in [-0.39, 0.29) is 5.91 Å². The smallest absolute Gasteiger partial charge is 0.273 e. The van der Waals surface area contributed by atoms with E-state index in [9.17, 15) is 4.79 Å². The van der Waals surface area contributed by atoms with E-state index in [2.05, 4.69) is 15.4 Å². The number of benzene rings is 1. The summed E-state index contributed by atoms with van der Waals surface area (Å²) in [4.78, 5) is 16.1. The van der Waals surface area contributed by atoms with Crippen LogP contribution in [0.5, 0.6) is 0 Å². The lowest BCUT2D eigenvalue weighted by molar-refractivity contribution is 0.101. The van der Waals surface area contributed by atoms with Crippen LogP contribution in [0.3, 0.4) is 0 Å². The first-order chi connectivity index (χ1) is 10.3. The minimum absolute atomic E-state index is 0.191. The molecule has 1 N–H and O–H groups in total. The molecule has 0 atom stereocenters. The van der Waals surface area contributed by atoms with Crippen molar-refractivity contribution in [3.8, 4) is 11.3 Å². The van der Waals surface area contributed by atoms with Gasteiger partial charge in [0.15, 0.2) is 12.2 Å². The van der Waals surface area contributed by atoms with Crippen LogP contribution in [0.2, 0.25) is 0 Å². The Bertz CT molecular complexity index is 747. The van der Waals surface area contributed by atoms with E-state index in [1.807, 2.05) is 31.2 Å². The van der Waals surface area contributed by atoms with Gasteiger partial charge in [-0.2, -0.15) is 5.10 Å². The Kier molecular flexibility index (Phi) is 3.51. The van der Waals surface area contributed by atoms with Gasteiger partial charge in [0.05, 0.1) is 6.20 Å². The Balaban J connectivity index is 1.82. The average Bonchev–Trinajstić information content (AvgIpc) is 3.18. The number of nitrogens with one attached hydrogen (secondary N) is 1. The molecule has 0 spiro atoms. The van der Waals surface area contributed by atoms with E-state index in [0.717, 1.165) is 5.56 Å². The molecular formula is C15H14N4O2. The molecule has 1 aromatic carbocycles. The maximum Gasteiger partial charge on any atom is 0.273 e. The van der Waals surface area contributed by atoms with Crippen LogP contribution in [0, 0.1) is 0 Å². The van der Waals surface area contributed by atoms with Gasteiger partial charge in [0.1, 0.15) is 5.69 Å². The highest BCUT2D eigenvalue weighted by atomic mass is 16.3. The minimum Gasteiger partial charge on any atom is -0.444 e. The monoisotopic (exact) mass is 282 g/mol. The number of nitrogens with zero attached hydrogens (tertiary/aromatic N) is 3. The maximum atomic E-state index is 12.2. The van der Waals surface area contributed by atoms with Crippen LogP contribution >= 0.6 is 0 Å². The molecule has 0 aliphatic rings. The second kappa shape index (κ2) is 5.62. The first-order valence-electron chi connectivity index (χ1n) is 6.60. The summed E-state index contributed by atoms with van der Waals surface area (Å²) in [6.45, 7) is 2.59. The Morgan fingerprint density at radius 2 is 2.29 bits per heavy atom. The van der Waals surface area contributed by atoms with E-state index in [1.54, 1.807) is 23.1 Å². The molecule has 106 valence electrons. The van der Waals surface area contributed by atoms with Gasteiger partial charge >= 0.3 is 0 Å². The number of carbonyl (C=O) groups excluding carboxylic acids is 1. The number of amides is 1. The molecular weight excluding hydrogens is 268 g/mol. The van der Waals surface area contributed by atoms with Gasteiger partial charge in [0, 0.05) is 24.0 Å². The van der Waals surface area contributed by atoms with Crippen molar-refractivity contribution in [1.82, 2.24) is 14.8 Å². The molecule has 3 rings (SSSR count). The van der Waals surface area contributed by atoms with E-state index >= 15 is 0 Å². The van der Waals surface area contributed by atoms with Crippen molar-refractivity contribution >= 4 is 11.6 Å². The number of carbonyl (C=O) groups is 1. The van der Waals surface area contributed by atoms with Gasteiger partial charge < -0.3 is 9.73 Å². The van der Waals surface area contributed by atoms with Crippen molar-refractivity contribution in [3.63, 3.8) is 0 Å². The van der Waals surface area contributed by atoms with Crippen molar-refractivity contribution < 1.29 is 9.21 Å². The van der Waals surface area contributed by atoms with Crippen LogP contribution < -0.4 is 5.32 Å². The van der Waals surface area contributed by atoms with Crippen molar-refractivity contribution in [2.24, 2.45) is 0 Å². The van der Waals surface area contributed by atoms with Gasteiger partial charge in [0.2, 0.25) is 0 Å². The number of aryl methyl sites for hydroxylation is 1. The topological polar surface area (TPSA) is 73.0 Å². The number of hydrogen-bond acceptors (Lipinski definition) is 4. The van der Waals surface area contributed by atoms with Crippen LogP contribution in [0.4, 0.5) is 5.69 Å². The second-order valence-corrected chi connectivity index (χ2v) is 4.43. The Morgan fingerprint density at radius 3 is 3.05 bits per heavy atom.